The summed E-state index contributed by atoms with van der Waals surface area (Å²) >= 11 is 0. The van der Waals surface area contributed by atoms with Crippen molar-refractivity contribution in [2.24, 2.45) is 0 Å². The van der Waals surface area contributed by atoms with Crippen molar-refractivity contribution in [3.05, 3.63) is 93.8 Å². The second-order valence-corrected chi connectivity index (χ2v) is 12.5. The van der Waals surface area contributed by atoms with Gasteiger partial charge in [0.15, 0.2) is 0 Å². The monoisotopic (exact) mass is 610 g/mol. The number of amides is 1. The van der Waals surface area contributed by atoms with Crippen molar-refractivity contribution in [1.29, 1.82) is 0 Å². The number of benzene rings is 1. The topological polar surface area (TPSA) is 73.2 Å². The van der Waals surface area contributed by atoms with E-state index in [0.29, 0.717) is 36.8 Å². The molecule has 0 saturated carbocycles. The number of likely N-dealkylation sites (tertiary alicyclic amines) is 1. The molecular weight excluding hydrogens is 569 g/mol. The lowest BCUT2D eigenvalue weighted by Crippen LogP contribution is -2.60. The van der Waals surface area contributed by atoms with Gasteiger partial charge in [0.2, 0.25) is 6.41 Å². The third kappa shape index (κ3) is 7.06. The Labute approximate surface area is 256 Å². The third-order valence-corrected chi connectivity index (χ3v) is 8.91. The Balaban J connectivity index is 0.000000178. The van der Waals surface area contributed by atoms with Crippen LogP contribution in [0.1, 0.15) is 56.7 Å². The number of hydrogen-bond donors (Lipinski definition) is 1. The zero-order chi connectivity index (χ0) is 31.4. The number of carbonyl (C=O) groups excluding carboxylic acids is 1. The second kappa shape index (κ2) is 13.6. The van der Waals surface area contributed by atoms with E-state index in [1.54, 1.807) is 11.1 Å². The smallest absolute Gasteiger partial charge is 0.262 e. The zero-order valence-electron chi connectivity index (χ0n) is 25.6. The highest BCUT2D eigenvalue weighted by Crippen LogP contribution is 2.35. The summed E-state index contributed by atoms with van der Waals surface area (Å²) in [7, 11) is 2.15. The first-order valence-corrected chi connectivity index (χ1v) is 15.2. The van der Waals surface area contributed by atoms with Crippen LogP contribution in [0.5, 0.6) is 0 Å². The molecule has 236 valence electrons. The molecule has 2 unspecified atom stereocenters. The van der Waals surface area contributed by atoms with Crippen LogP contribution in [-0.2, 0) is 11.3 Å². The first kappa shape index (κ1) is 31.9. The van der Waals surface area contributed by atoms with Crippen LogP contribution >= 0.6 is 0 Å². The Morgan fingerprint density at radius 2 is 1.82 bits per heavy atom. The molecule has 8 nitrogen and oxygen atoms in total. The molecule has 4 heterocycles. The highest BCUT2D eigenvalue weighted by atomic mass is 19.1. The van der Waals surface area contributed by atoms with Crippen LogP contribution in [-0.4, -0.2) is 81.3 Å². The standard InChI is InChI=1S/C18H21FN4O.C15H20F2N2O/c1-21-8-9-22(18(13-21)6-2-3-7-18)11-14-10-20-16-5-4-15(19)12-23(16)17(14)24;1-10(2)18-12-5-6-19(9-20)15(8-12)13-7-11(16)3-4-14(13)17/h2-5,10,12H,6-9,11,13H2,1H3;3-4,7,9-10,12,15,18H,5-6,8H2,1-2H3. The van der Waals surface area contributed by atoms with E-state index in [4.69, 9.17) is 0 Å². The molecule has 1 amide bonds. The van der Waals surface area contributed by atoms with E-state index < -0.39 is 23.5 Å². The first-order chi connectivity index (χ1) is 21.1. The molecule has 1 aromatic carbocycles. The zero-order valence-corrected chi connectivity index (χ0v) is 25.6. The number of aromatic nitrogens is 2. The van der Waals surface area contributed by atoms with Crippen molar-refractivity contribution >= 4 is 12.1 Å². The van der Waals surface area contributed by atoms with E-state index >= 15 is 0 Å². The number of pyridine rings is 1. The van der Waals surface area contributed by atoms with Gasteiger partial charge in [0, 0.05) is 68.3 Å². The highest BCUT2D eigenvalue weighted by molar-refractivity contribution is 5.49. The largest absolute Gasteiger partial charge is 0.338 e. The molecule has 0 radical (unpaired) electrons. The van der Waals surface area contributed by atoms with Gasteiger partial charge >= 0.3 is 0 Å². The number of halogens is 3. The Kier molecular flexibility index (Phi) is 9.87. The summed E-state index contributed by atoms with van der Waals surface area (Å²) in [6.07, 6.45) is 11.5. The summed E-state index contributed by atoms with van der Waals surface area (Å²) in [5.74, 6) is -1.38. The minimum atomic E-state index is -0.480. The summed E-state index contributed by atoms with van der Waals surface area (Å²) < 4.78 is 42.1. The van der Waals surface area contributed by atoms with E-state index in [-0.39, 0.29) is 22.7 Å². The van der Waals surface area contributed by atoms with Crippen LogP contribution < -0.4 is 10.9 Å². The molecule has 3 aromatic rings. The fourth-order valence-corrected chi connectivity index (χ4v) is 6.74. The maximum atomic E-state index is 13.9. The third-order valence-electron chi connectivity index (χ3n) is 8.91. The molecule has 11 heteroatoms. The number of carbonyl (C=O) groups is 1. The second-order valence-electron chi connectivity index (χ2n) is 12.5. The van der Waals surface area contributed by atoms with Crippen molar-refractivity contribution < 1.29 is 18.0 Å². The number of piperazine rings is 1. The lowest BCUT2D eigenvalue weighted by atomic mass is 9.90. The number of piperidine rings is 1. The molecular formula is C33H41F3N6O2. The molecule has 2 atom stereocenters. The fourth-order valence-electron chi connectivity index (χ4n) is 6.74. The quantitative estimate of drug-likeness (QED) is 0.332. The SMILES string of the molecule is CC(C)NC1CCN(C=O)C(c2cc(F)ccc2F)C1.CN1CCN(Cc2cnc3ccc(F)cn3c2=O)C2(CC=CC2)C1. The molecule has 0 bridgehead atoms. The Hall–Kier alpha value is -3.54. The predicted molar refractivity (Wildman–Crippen MR) is 164 cm³/mol. The van der Waals surface area contributed by atoms with E-state index in [2.05, 4.69) is 39.3 Å². The number of nitrogens with one attached hydrogen (secondary N) is 1. The molecule has 3 aliphatic rings. The lowest BCUT2D eigenvalue weighted by molar-refractivity contribution is -0.122. The predicted octanol–water partition coefficient (Wildman–Crippen LogP) is 4.29. The van der Waals surface area contributed by atoms with Gasteiger partial charge in [0.25, 0.3) is 5.56 Å². The molecule has 2 aromatic heterocycles. The number of nitrogens with zero attached hydrogens (tertiary/aromatic N) is 5. The van der Waals surface area contributed by atoms with Gasteiger partial charge in [-0.05, 0) is 63.1 Å². The van der Waals surface area contributed by atoms with Crippen molar-refractivity contribution in [2.75, 3.05) is 33.2 Å². The van der Waals surface area contributed by atoms with Crippen LogP contribution in [0, 0.1) is 17.5 Å². The summed E-state index contributed by atoms with van der Waals surface area (Å²) in [5, 5.41) is 3.40. The van der Waals surface area contributed by atoms with Gasteiger partial charge < -0.3 is 15.1 Å². The number of fused-ring (bicyclic) bond motifs is 1. The number of rotatable bonds is 6. The number of likely N-dealkylation sites (N-methyl/N-ethyl adjacent to an activating group) is 1. The van der Waals surface area contributed by atoms with E-state index in [1.807, 2.05) is 13.8 Å². The maximum absolute atomic E-state index is 13.9. The lowest BCUT2D eigenvalue weighted by Gasteiger charge is -2.48. The summed E-state index contributed by atoms with van der Waals surface area (Å²) in [4.78, 5) is 34.5. The van der Waals surface area contributed by atoms with Gasteiger partial charge in [-0.3, -0.25) is 18.9 Å². The Bertz CT molecular complexity index is 1550. The molecule has 2 aliphatic heterocycles. The Morgan fingerprint density at radius 3 is 2.55 bits per heavy atom. The van der Waals surface area contributed by atoms with Crippen LogP contribution in [0.25, 0.3) is 5.65 Å². The van der Waals surface area contributed by atoms with Crippen molar-refractivity contribution in [3.63, 3.8) is 0 Å². The van der Waals surface area contributed by atoms with Crippen molar-refractivity contribution in [1.82, 2.24) is 29.4 Å². The minimum absolute atomic E-state index is 0.0704. The van der Waals surface area contributed by atoms with Crippen LogP contribution in [0.4, 0.5) is 13.2 Å². The van der Waals surface area contributed by atoms with Crippen LogP contribution in [0.3, 0.4) is 0 Å². The minimum Gasteiger partial charge on any atom is -0.338 e. The van der Waals surface area contributed by atoms with Gasteiger partial charge in [-0.2, -0.15) is 0 Å². The van der Waals surface area contributed by atoms with E-state index in [0.717, 1.165) is 57.4 Å². The van der Waals surface area contributed by atoms with E-state index in [9.17, 15) is 22.8 Å². The van der Waals surface area contributed by atoms with Gasteiger partial charge in [-0.25, -0.2) is 18.2 Å². The van der Waals surface area contributed by atoms with Crippen molar-refractivity contribution in [2.45, 2.75) is 69.7 Å². The van der Waals surface area contributed by atoms with Crippen LogP contribution in [0.2, 0.25) is 0 Å². The number of hydrogen-bond acceptors (Lipinski definition) is 6. The molecule has 6 rings (SSSR count). The highest BCUT2D eigenvalue weighted by Gasteiger charge is 2.41. The molecule has 1 N–H and O–H groups in total. The summed E-state index contributed by atoms with van der Waals surface area (Å²) in [5.41, 5.74) is 1.24. The van der Waals surface area contributed by atoms with Gasteiger partial charge in [0.05, 0.1) is 11.6 Å². The molecule has 1 spiro atoms. The normalized spacial score (nSPS) is 22.0. The van der Waals surface area contributed by atoms with Gasteiger partial charge in [-0.1, -0.05) is 26.0 Å². The summed E-state index contributed by atoms with van der Waals surface area (Å²) in [6.45, 7) is 8.10. The Morgan fingerprint density at radius 1 is 1.07 bits per heavy atom. The average Bonchev–Trinajstić information content (AvgIpc) is 3.46. The first-order valence-electron chi connectivity index (χ1n) is 15.2. The maximum Gasteiger partial charge on any atom is 0.262 e. The fraction of sp³-hybridized carbons (Fsp3) is 0.485. The average molecular weight is 611 g/mol. The molecule has 2 saturated heterocycles. The van der Waals surface area contributed by atoms with Crippen molar-refractivity contribution in [3.8, 4) is 0 Å². The van der Waals surface area contributed by atoms with Crippen LogP contribution in [0.15, 0.2) is 59.7 Å². The molecule has 1 aliphatic carbocycles. The molecule has 44 heavy (non-hydrogen) atoms. The van der Waals surface area contributed by atoms with E-state index in [1.165, 1.54) is 28.8 Å². The van der Waals surface area contributed by atoms with Gasteiger partial charge in [0.1, 0.15) is 23.1 Å². The summed E-state index contributed by atoms with van der Waals surface area (Å²) in [6, 6.07) is 6.37. The molecule has 2 fully saturated rings. The van der Waals surface area contributed by atoms with Gasteiger partial charge in [-0.15, -0.1) is 0 Å².